The van der Waals surface area contributed by atoms with E-state index in [9.17, 15) is 12.8 Å². The summed E-state index contributed by atoms with van der Waals surface area (Å²) in [6, 6.07) is 12.7. The van der Waals surface area contributed by atoms with E-state index in [0.717, 1.165) is 11.6 Å². The first-order valence-electron chi connectivity index (χ1n) is 7.08. The van der Waals surface area contributed by atoms with E-state index in [4.69, 9.17) is 0 Å². The van der Waals surface area contributed by atoms with Gasteiger partial charge in [0.15, 0.2) is 0 Å². The largest absolute Gasteiger partial charge is 0.308 e. The number of rotatable bonds is 2. The Morgan fingerprint density at radius 2 is 1.82 bits per heavy atom. The lowest BCUT2D eigenvalue weighted by molar-refractivity contribution is 0.546. The number of halogens is 1. The van der Waals surface area contributed by atoms with Crippen molar-refractivity contribution in [1.29, 1.82) is 0 Å². The van der Waals surface area contributed by atoms with Crippen molar-refractivity contribution in [3.8, 4) is 0 Å². The van der Waals surface area contributed by atoms with Gasteiger partial charge in [-0.3, -0.25) is 4.31 Å². The van der Waals surface area contributed by atoms with Crippen LogP contribution < -0.4 is 9.62 Å². The van der Waals surface area contributed by atoms with E-state index in [2.05, 4.69) is 5.32 Å². The second-order valence-corrected chi connectivity index (χ2v) is 7.21. The number of sulfonamides is 1. The first-order valence-corrected chi connectivity index (χ1v) is 8.52. The molecule has 1 heterocycles. The van der Waals surface area contributed by atoms with Crippen molar-refractivity contribution in [3.05, 3.63) is 59.9 Å². The van der Waals surface area contributed by atoms with E-state index in [0.29, 0.717) is 12.2 Å². The molecule has 0 fully saturated rings. The van der Waals surface area contributed by atoms with Crippen LogP contribution in [0.1, 0.15) is 12.5 Å². The predicted molar refractivity (Wildman–Crippen MR) is 83.7 cm³/mol. The van der Waals surface area contributed by atoms with Crippen LogP contribution in [0.15, 0.2) is 53.4 Å². The second-order valence-electron chi connectivity index (χ2n) is 5.38. The Morgan fingerprint density at radius 3 is 2.59 bits per heavy atom. The molecular formula is C16H17FN2O2S. The van der Waals surface area contributed by atoms with E-state index in [1.165, 1.54) is 22.5 Å². The smallest absolute Gasteiger partial charge is 0.267 e. The van der Waals surface area contributed by atoms with Crippen molar-refractivity contribution < 1.29 is 12.8 Å². The number of nitrogens with zero attached hydrogens (tertiary/aromatic N) is 1. The number of fused-ring (bicyclic) bond motifs is 1. The van der Waals surface area contributed by atoms with Gasteiger partial charge in [0, 0.05) is 19.1 Å². The van der Waals surface area contributed by atoms with Gasteiger partial charge in [-0.1, -0.05) is 30.3 Å². The Bertz CT molecular complexity index is 792. The summed E-state index contributed by atoms with van der Waals surface area (Å²) in [5.74, 6) is -0.732. The van der Waals surface area contributed by atoms with Crippen molar-refractivity contribution in [1.82, 2.24) is 5.32 Å². The molecule has 2 aromatic rings. The van der Waals surface area contributed by atoms with E-state index in [-0.39, 0.29) is 17.5 Å². The van der Waals surface area contributed by atoms with Crippen LogP contribution in [0.5, 0.6) is 0 Å². The van der Waals surface area contributed by atoms with Crippen molar-refractivity contribution in [2.45, 2.75) is 24.4 Å². The molecule has 0 saturated heterocycles. The summed E-state index contributed by atoms with van der Waals surface area (Å²) >= 11 is 0. The zero-order chi connectivity index (χ0) is 15.7. The topological polar surface area (TPSA) is 49.4 Å². The first-order chi connectivity index (χ1) is 10.5. The molecule has 0 saturated carbocycles. The summed E-state index contributed by atoms with van der Waals surface area (Å²) in [7, 11) is -3.94. The molecular weight excluding hydrogens is 303 g/mol. The highest BCUT2D eigenvalue weighted by Crippen LogP contribution is 2.30. The molecule has 0 aromatic heterocycles. The van der Waals surface area contributed by atoms with Crippen molar-refractivity contribution in [2.24, 2.45) is 0 Å². The minimum Gasteiger partial charge on any atom is -0.308 e. The third-order valence-electron chi connectivity index (χ3n) is 3.75. The van der Waals surface area contributed by atoms with E-state index >= 15 is 0 Å². The highest BCUT2D eigenvalue weighted by atomic mass is 32.2. The molecule has 6 heteroatoms. The maximum absolute atomic E-state index is 14.0. The fraction of sp³-hybridized carbons (Fsp3) is 0.250. The summed E-state index contributed by atoms with van der Waals surface area (Å²) in [4.78, 5) is -0.293. The van der Waals surface area contributed by atoms with Gasteiger partial charge in [-0.25, -0.2) is 12.8 Å². The van der Waals surface area contributed by atoms with Crippen molar-refractivity contribution in [3.63, 3.8) is 0 Å². The van der Waals surface area contributed by atoms with Gasteiger partial charge in [-0.2, -0.15) is 0 Å². The predicted octanol–water partition coefficient (Wildman–Crippen LogP) is 2.51. The molecule has 1 aliphatic heterocycles. The molecule has 0 amide bonds. The maximum Gasteiger partial charge on any atom is 0.267 e. The fourth-order valence-corrected chi connectivity index (χ4v) is 4.26. The summed E-state index contributed by atoms with van der Waals surface area (Å²) in [6.07, 6.45) is 0. The lowest BCUT2D eigenvalue weighted by Crippen LogP contribution is -2.40. The van der Waals surface area contributed by atoms with Gasteiger partial charge >= 0.3 is 0 Å². The Morgan fingerprint density at radius 1 is 1.14 bits per heavy atom. The molecule has 0 radical (unpaired) electrons. The molecule has 1 aliphatic rings. The highest BCUT2D eigenvalue weighted by molar-refractivity contribution is 7.92. The first kappa shape index (κ1) is 15.0. The van der Waals surface area contributed by atoms with E-state index < -0.39 is 15.8 Å². The van der Waals surface area contributed by atoms with Crippen LogP contribution in [-0.2, 0) is 16.6 Å². The third-order valence-corrected chi connectivity index (χ3v) is 5.56. The molecule has 0 bridgehead atoms. The number of para-hydroxylation sites is 1. The van der Waals surface area contributed by atoms with Crippen molar-refractivity contribution in [2.75, 3.05) is 10.8 Å². The molecule has 0 spiro atoms. The van der Waals surface area contributed by atoms with Crippen LogP contribution in [0.4, 0.5) is 10.1 Å². The van der Waals surface area contributed by atoms with Gasteiger partial charge in [-0.15, -0.1) is 0 Å². The van der Waals surface area contributed by atoms with Crippen LogP contribution in [0.25, 0.3) is 0 Å². The lowest BCUT2D eigenvalue weighted by Gasteiger charge is -2.26. The zero-order valence-corrected chi connectivity index (χ0v) is 13.0. The van der Waals surface area contributed by atoms with Crippen LogP contribution in [0, 0.1) is 5.82 Å². The number of hydrogen-bond acceptors (Lipinski definition) is 3. The Balaban J connectivity index is 2.15. The van der Waals surface area contributed by atoms with Crippen LogP contribution in [0.3, 0.4) is 0 Å². The Kier molecular flexibility index (Phi) is 3.88. The lowest BCUT2D eigenvalue weighted by atomic mass is 10.2. The normalized spacial score (nSPS) is 18.6. The number of benzene rings is 2. The molecule has 22 heavy (non-hydrogen) atoms. The summed E-state index contributed by atoms with van der Waals surface area (Å²) in [5.41, 5.74) is 1.48. The monoisotopic (exact) mass is 320 g/mol. The van der Waals surface area contributed by atoms with E-state index in [1.807, 2.05) is 19.1 Å². The molecule has 4 nitrogen and oxygen atoms in total. The van der Waals surface area contributed by atoms with Crippen LogP contribution >= 0.6 is 0 Å². The number of anilines is 1. The molecule has 1 unspecified atom stereocenters. The zero-order valence-electron chi connectivity index (χ0n) is 12.2. The van der Waals surface area contributed by atoms with Gasteiger partial charge in [0.05, 0.1) is 5.69 Å². The SMILES string of the molecule is CC1CN(S(=O)(=O)c2ccccc2F)c2ccccc2CN1. The quantitative estimate of drug-likeness (QED) is 0.925. The minimum absolute atomic E-state index is 0.0334. The van der Waals surface area contributed by atoms with Gasteiger partial charge < -0.3 is 5.32 Å². The average molecular weight is 320 g/mol. The van der Waals surface area contributed by atoms with Crippen LogP contribution in [0.2, 0.25) is 0 Å². The molecule has 1 N–H and O–H groups in total. The molecule has 2 aromatic carbocycles. The Hall–Kier alpha value is -1.92. The third kappa shape index (κ3) is 2.60. The summed E-state index contributed by atoms with van der Waals surface area (Å²) in [6.45, 7) is 2.75. The van der Waals surface area contributed by atoms with Crippen molar-refractivity contribution >= 4 is 15.7 Å². The van der Waals surface area contributed by atoms with Gasteiger partial charge in [0.25, 0.3) is 10.0 Å². The fourth-order valence-electron chi connectivity index (χ4n) is 2.60. The van der Waals surface area contributed by atoms with Gasteiger partial charge in [0.1, 0.15) is 10.7 Å². The molecule has 3 rings (SSSR count). The summed E-state index contributed by atoms with van der Waals surface area (Å²) in [5, 5.41) is 3.27. The second kappa shape index (κ2) is 5.70. The molecule has 0 aliphatic carbocycles. The minimum atomic E-state index is -3.94. The van der Waals surface area contributed by atoms with Gasteiger partial charge in [-0.05, 0) is 30.7 Å². The maximum atomic E-state index is 14.0. The standard InChI is InChI=1S/C16H17FN2O2S/c1-12-11-19(15-8-4-2-6-13(15)10-18-12)22(20,21)16-9-5-3-7-14(16)17/h2-9,12,18H,10-11H2,1H3. The van der Waals surface area contributed by atoms with Gasteiger partial charge in [0.2, 0.25) is 0 Å². The summed E-state index contributed by atoms with van der Waals surface area (Å²) < 4.78 is 41.1. The molecule has 1 atom stereocenters. The molecule has 116 valence electrons. The average Bonchev–Trinajstić information content (AvgIpc) is 2.68. The van der Waals surface area contributed by atoms with Crippen LogP contribution in [-0.4, -0.2) is 21.0 Å². The number of hydrogen-bond donors (Lipinski definition) is 1. The Labute approximate surface area is 129 Å². The number of nitrogens with one attached hydrogen (secondary N) is 1. The highest BCUT2D eigenvalue weighted by Gasteiger charge is 2.31. The van der Waals surface area contributed by atoms with E-state index in [1.54, 1.807) is 12.1 Å².